The number of ether oxygens (including phenoxy) is 2. The molecule has 3 aromatic carbocycles. The number of likely N-dealkylation sites (tertiary alicyclic amines) is 1. The van der Waals surface area contributed by atoms with Crippen LogP contribution in [0.1, 0.15) is 82.6 Å². The van der Waals surface area contributed by atoms with Crippen LogP contribution in [0.15, 0.2) is 73.3 Å². The number of benzene rings is 3. The number of methoxy groups -OCH3 is 1. The molecule has 8 rings (SSSR count). The standard InChI is InChI=1S/C51H62N6O8/c1-9-41(59)55-21-19-32(27-55)48(61)54(7)44(29(3)4)47(60)52-39-24-30-22-33(25-34(58)23-30)31-17-18-40-37(26-31)42-43(46(64-8)36-15-12-11-14-35(36)45(42)56(40)10-2)51(5,6)28-65-50(63)38-16-13-20-57(53-38)49(39)62/h9,11-12,14-15,17-18,22-23,25-26,29,32,38-39,43-44,46,53,58H,1,10,13,16,19-21,24,27-28H2,2-8H3,(H,52,60)/t32-,38-,39-,43?,44-,46-/m0/s1. The van der Waals surface area contributed by atoms with Crippen LogP contribution in [0.25, 0.3) is 33.3 Å². The molecule has 4 heterocycles. The van der Waals surface area contributed by atoms with Crippen molar-refractivity contribution in [3.05, 3.63) is 90.0 Å². The highest BCUT2D eigenvalue weighted by Crippen LogP contribution is 2.57. The normalized spacial score (nSPS) is 23.4. The number of fused-ring (bicyclic) bond motifs is 8. The summed E-state index contributed by atoms with van der Waals surface area (Å²) in [6, 6.07) is 16.9. The minimum atomic E-state index is -1.16. The van der Waals surface area contributed by atoms with E-state index in [4.69, 9.17) is 9.47 Å². The predicted molar refractivity (Wildman–Crippen MR) is 247 cm³/mol. The molecular weight excluding hydrogens is 825 g/mol. The number of carbonyl (C=O) groups is 5. The number of hydrogen-bond donors (Lipinski definition) is 3. The molecule has 2 saturated heterocycles. The summed E-state index contributed by atoms with van der Waals surface area (Å²) in [7, 11) is 3.31. The average Bonchev–Trinajstić information content (AvgIpc) is 3.92. The number of aryl methyl sites for hydroxylation is 1. The Labute approximate surface area is 380 Å². The summed E-state index contributed by atoms with van der Waals surface area (Å²) in [5, 5.41) is 16.8. The first-order valence-electron chi connectivity index (χ1n) is 22.9. The molecule has 4 aromatic rings. The maximum Gasteiger partial charge on any atom is 0.324 e. The zero-order valence-electron chi connectivity index (χ0n) is 38.6. The highest BCUT2D eigenvalue weighted by Gasteiger charge is 2.47. The lowest BCUT2D eigenvalue weighted by molar-refractivity contribution is -0.156. The van der Waals surface area contributed by atoms with Crippen molar-refractivity contribution in [2.45, 2.75) is 97.0 Å². The Morgan fingerprint density at radius 3 is 2.55 bits per heavy atom. The Hall–Kier alpha value is -5.99. The molecule has 3 N–H and O–H groups in total. The predicted octanol–water partition coefficient (Wildman–Crippen LogP) is 6.11. The lowest BCUT2D eigenvalue weighted by Gasteiger charge is -2.43. The van der Waals surface area contributed by atoms with Gasteiger partial charge in [-0.2, -0.15) is 0 Å². The van der Waals surface area contributed by atoms with Crippen LogP contribution in [0.2, 0.25) is 0 Å². The number of hydrogen-bond acceptors (Lipinski definition) is 9. The lowest BCUT2D eigenvalue weighted by Crippen LogP contribution is -2.62. The van der Waals surface area contributed by atoms with Gasteiger partial charge >= 0.3 is 5.97 Å². The molecule has 14 nitrogen and oxygen atoms in total. The third-order valence-electron chi connectivity index (χ3n) is 14.0. The molecule has 14 heteroatoms. The number of nitrogens with zero attached hydrogens (tertiary/aromatic N) is 4. The quantitative estimate of drug-likeness (QED) is 0.140. The van der Waals surface area contributed by atoms with Gasteiger partial charge in [-0.1, -0.05) is 70.7 Å². The van der Waals surface area contributed by atoms with E-state index in [0.717, 1.165) is 44.4 Å². The van der Waals surface area contributed by atoms with E-state index in [9.17, 15) is 29.1 Å². The van der Waals surface area contributed by atoms with Gasteiger partial charge < -0.3 is 34.3 Å². The number of cyclic esters (lactones) is 1. The molecule has 0 radical (unpaired) electrons. The molecular formula is C51H62N6O8. The van der Waals surface area contributed by atoms with Gasteiger partial charge in [-0.3, -0.25) is 29.0 Å². The summed E-state index contributed by atoms with van der Waals surface area (Å²) in [4.78, 5) is 72.6. The smallest absolute Gasteiger partial charge is 0.324 e. The van der Waals surface area contributed by atoms with E-state index in [2.05, 4.69) is 66.9 Å². The van der Waals surface area contributed by atoms with Gasteiger partial charge in [0.15, 0.2) is 0 Å². The fourth-order valence-electron chi connectivity index (χ4n) is 10.9. The van der Waals surface area contributed by atoms with Crippen LogP contribution in [-0.2, 0) is 46.4 Å². The first-order valence-corrected chi connectivity index (χ1v) is 22.9. The molecule has 4 aliphatic rings. The molecule has 0 saturated carbocycles. The highest BCUT2D eigenvalue weighted by atomic mass is 16.5. The van der Waals surface area contributed by atoms with Crippen molar-refractivity contribution in [3.63, 3.8) is 0 Å². The monoisotopic (exact) mass is 886 g/mol. The van der Waals surface area contributed by atoms with E-state index in [-0.39, 0.29) is 61.6 Å². The average molecular weight is 887 g/mol. The van der Waals surface area contributed by atoms with E-state index in [1.807, 2.05) is 38.1 Å². The Morgan fingerprint density at radius 2 is 1.83 bits per heavy atom. The van der Waals surface area contributed by atoms with Crippen molar-refractivity contribution in [2.24, 2.45) is 17.3 Å². The Bertz CT molecular complexity index is 2550. The Morgan fingerprint density at radius 1 is 1.06 bits per heavy atom. The minimum Gasteiger partial charge on any atom is -0.508 e. The topological polar surface area (TPSA) is 163 Å². The van der Waals surface area contributed by atoms with Crippen LogP contribution in [0.5, 0.6) is 5.75 Å². The summed E-state index contributed by atoms with van der Waals surface area (Å²) < 4.78 is 15.0. The number of phenols is 1. The maximum atomic E-state index is 14.8. The first-order chi connectivity index (χ1) is 31.1. The third-order valence-corrected chi connectivity index (χ3v) is 14.0. The fourth-order valence-corrected chi connectivity index (χ4v) is 10.9. The summed E-state index contributed by atoms with van der Waals surface area (Å²) in [6.45, 7) is 15.3. The van der Waals surface area contributed by atoms with Crippen molar-refractivity contribution >= 4 is 40.5 Å². The summed E-state index contributed by atoms with van der Waals surface area (Å²) in [6.07, 6.45) is 2.27. The number of aromatic nitrogens is 1. The second kappa shape index (κ2) is 18.1. The highest BCUT2D eigenvalue weighted by molar-refractivity contribution is 5.98. The molecule has 1 aliphatic carbocycles. The summed E-state index contributed by atoms with van der Waals surface area (Å²) in [5.74, 6) is -3.08. The number of nitrogens with one attached hydrogen (secondary N) is 2. The van der Waals surface area contributed by atoms with Gasteiger partial charge in [0, 0.05) is 74.6 Å². The lowest BCUT2D eigenvalue weighted by atomic mass is 9.66. The van der Waals surface area contributed by atoms with Crippen molar-refractivity contribution in [3.8, 4) is 28.1 Å². The molecule has 4 amide bonds. The van der Waals surface area contributed by atoms with Crippen LogP contribution >= 0.6 is 0 Å². The van der Waals surface area contributed by atoms with Crippen LogP contribution in [0, 0.1) is 17.3 Å². The van der Waals surface area contributed by atoms with Crippen LogP contribution < -0.4 is 10.7 Å². The number of likely N-dealkylation sites (N-methyl/N-ethyl adjacent to an activating group) is 1. The molecule has 6 atom stereocenters. The van der Waals surface area contributed by atoms with E-state index in [1.165, 1.54) is 16.0 Å². The number of rotatable bonds is 8. The van der Waals surface area contributed by atoms with E-state index in [0.29, 0.717) is 37.9 Å². The maximum absolute atomic E-state index is 14.8. The largest absolute Gasteiger partial charge is 0.508 e. The number of carbonyl (C=O) groups excluding carboxylic acids is 5. The van der Waals surface area contributed by atoms with E-state index >= 15 is 0 Å². The van der Waals surface area contributed by atoms with Gasteiger partial charge in [-0.25, -0.2) is 5.43 Å². The minimum absolute atomic E-state index is 0.00455. The van der Waals surface area contributed by atoms with Crippen molar-refractivity contribution in [1.29, 1.82) is 0 Å². The number of hydrazine groups is 1. The molecule has 1 unspecified atom stereocenters. The Kier molecular flexibility index (Phi) is 12.7. The number of aromatic hydroxyl groups is 1. The molecule has 1 aromatic heterocycles. The summed E-state index contributed by atoms with van der Waals surface area (Å²) in [5.41, 5.74) is 10.1. The van der Waals surface area contributed by atoms with Gasteiger partial charge in [0.2, 0.25) is 17.7 Å². The molecule has 344 valence electrons. The third kappa shape index (κ3) is 8.42. The van der Waals surface area contributed by atoms with E-state index < -0.39 is 47.2 Å². The fraction of sp³-hybridized carbons (Fsp3) is 0.471. The number of amides is 4. The van der Waals surface area contributed by atoms with Crippen molar-refractivity contribution in [1.82, 2.24) is 30.1 Å². The van der Waals surface area contributed by atoms with Crippen molar-refractivity contribution in [2.75, 3.05) is 40.4 Å². The molecule has 2 fully saturated rings. The number of phenolic OH excluding ortho intramolecular Hbond substituents is 1. The van der Waals surface area contributed by atoms with Gasteiger partial charge in [0.25, 0.3) is 5.91 Å². The van der Waals surface area contributed by atoms with Crippen LogP contribution in [0.4, 0.5) is 0 Å². The molecule has 0 spiro atoms. The Balaban J connectivity index is 1.21. The van der Waals surface area contributed by atoms with Gasteiger partial charge in [-0.05, 0) is 90.3 Å². The van der Waals surface area contributed by atoms with Gasteiger partial charge in [-0.15, -0.1) is 0 Å². The zero-order valence-corrected chi connectivity index (χ0v) is 38.6. The SMILES string of the molecule is C=CC(=O)N1CC[C@H](C(=O)N(C)[C@H](C(=O)N[C@H]2Cc3cc(O)cc(c3)-c3ccc4c(c3)c3c(n4CC)-c4ccccc4[C@H](OC)C3C(C)(C)COC(=O)[C@@H]3CCCN(N3)C2=O)C(C)C)C1. The first kappa shape index (κ1) is 45.6. The molecule has 3 aliphatic heterocycles. The second-order valence-corrected chi connectivity index (χ2v) is 19.1. The number of esters is 1. The van der Waals surface area contributed by atoms with Crippen LogP contribution in [-0.4, -0.2) is 113 Å². The van der Waals surface area contributed by atoms with E-state index in [1.54, 1.807) is 31.2 Å². The molecule has 6 bridgehead atoms. The summed E-state index contributed by atoms with van der Waals surface area (Å²) >= 11 is 0. The molecule has 65 heavy (non-hydrogen) atoms. The second-order valence-electron chi connectivity index (χ2n) is 19.1. The zero-order chi connectivity index (χ0) is 46.5. The van der Waals surface area contributed by atoms with Gasteiger partial charge in [0.05, 0.1) is 24.3 Å². The van der Waals surface area contributed by atoms with Crippen LogP contribution in [0.3, 0.4) is 0 Å². The van der Waals surface area contributed by atoms with Crippen molar-refractivity contribution < 1.29 is 38.6 Å². The van der Waals surface area contributed by atoms with Gasteiger partial charge in [0.1, 0.15) is 23.9 Å².